The van der Waals surface area contributed by atoms with Crippen LogP contribution < -0.4 is 5.73 Å². The van der Waals surface area contributed by atoms with Crippen molar-refractivity contribution in [2.45, 2.75) is 38.6 Å². The Kier molecular flexibility index (Phi) is 3.03. The maximum Gasteiger partial charge on any atom is 0.0453 e. The molecule has 0 aliphatic heterocycles. The number of rotatable bonds is 2. The van der Waals surface area contributed by atoms with Crippen LogP contribution in [0.1, 0.15) is 44.2 Å². The molecule has 2 heteroatoms. The molecular formula is C13H18ClN. The van der Waals surface area contributed by atoms with E-state index in [0.717, 1.165) is 10.6 Å². The predicted octanol–water partition coefficient (Wildman–Crippen LogP) is 3.92. The summed E-state index contributed by atoms with van der Waals surface area (Å²) in [5, 5.41) is 0.804. The first kappa shape index (κ1) is 11.0. The molecule has 2 rings (SSSR count). The summed E-state index contributed by atoms with van der Waals surface area (Å²) in [6, 6.07) is 8.02. The van der Waals surface area contributed by atoms with Gasteiger partial charge in [-0.1, -0.05) is 49.6 Å². The Bertz CT molecular complexity index is 342. The normalized spacial score (nSPS) is 21.5. The van der Waals surface area contributed by atoms with Crippen molar-refractivity contribution in [3.63, 3.8) is 0 Å². The molecule has 2 N–H and O–H groups in total. The molecule has 0 amide bonds. The average molecular weight is 224 g/mol. The molecule has 1 fully saturated rings. The molecule has 1 nitrogen and oxygen atoms in total. The summed E-state index contributed by atoms with van der Waals surface area (Å²) >= 11 is 6.18. The summed E-state index contributed by atoms with van der Waals surface area (Å²) in [6.07, 6.45) is 5.04. The van der Waals surface area contributed by atoms with E-state index < -0.39 is 0 Å². The predicted molar refractivity (Wildman–Crippen MR) is 65.0 cm³/mol. The Morgan fingerprint density at radius 1 is 1.27 bits per heavy atom. The van der Waals surface area contributed by atoms with E-state index in [-0.39, 0.29) is 11.5 Å². The fourth-order valence-electron chi connectivity index (χ4n) is 2.60. The first-order chi connectivity index (χ1) is 7.13. The van der Waals surface area contributed by atoms with Crippen LogP contribution in [0.5, 0.6) is 0 Å². The Balaban J connectivity index is 2.27. The molecule has 1 unspecified atom stereocenters. The van der Waals surface area contributed by atoms with Gasteiger partial charge in [-0.15, -0.1) is 0 Å². The summed E-state index contributed by atoms with van der Waals surface area (Å²) in [6.45, 7) is 2.29. The highest BCUT2D eigenvalue weighted by Gasteiger charge is 2.36. The van der Waals surface area contributed by atoms with Crippen LogP contribution in [0.15, 0.2) is 24.3 Å². The van der Waals surface area contributed by atoms with Gasteiger partial charge in [0.1, 0.15) is 0 Å². The van der Waals surface area contributed by atoms with Gasteiger partial charge in [0.05, 0.1) is 0 Å². The Morgan fingerprint density at radius 2 is 1.87 bits per heavy atom. The molecule has 0 heterocycles. The van der Waals surface area contributed by atoms with Gasteiger partial charge in [-0.05, 0) is 29.9 Å². The molecule has 0 spiro atoms. The molecule has 0 aromatic heterocycles. The molecule has 0 bridgehead atoms. The van der Waals surface area contributed by atoms with Gasteiger partial charge in [-0.25, -0.2) is 0 Å². The number of benzene rings is 1. The topological polar surface area (TPSA) is 26.0 Å². The molecule has 15 heavy (non-hydrogen) atoms. The maximum absolute atomic E-state index is 6.35. The molecule has 1 saturated carbocycles. The summed E-state index contributed by atoms with van der Waals surface area (Å²) in [7, 11) is 0. The van der Waals surface area contributed by atoms with E-state index >= 15 is 0 Å². The van der Waals surface area contributed by atoms with Crippen molar-refractivity contribution in [1.29, 1.82) is 0 Å². The van der Waals surface area contributed by atoms with E-state index in [4.69, 9.17) is 17.3 Å². The second-order valence-electron chi connectivity index (χ2n) is 4.86. The largest absolute Gasteiger partial charge is 0.323 e. The van der Waals surface area contributed by atoms with Gasteiger partial charge in [0.15, 0.2) is 0 Å². The molecular weight excluding hydrogens is 206 g/mol. The van der Waals surface area contributed by atoms with Crippen LogP contribution >= 0.6 is 11.6 Å². The summed E-state index contributed by atoms with van der Waals surface area (Å²) in [4.78, 5) is 0. The van der Waals surface area contributed by atoms with Crippen molar-refractivity contribution >= 4 is 11.6 Å². The van der Waals surface area contributed by atoms with Crippen LogP contribution in [0.4, 0.5) is 0 Å². The molecule has 1 aliphatic rings. The van der Waals surface area contributed by atoms with E-state index in [2.05, 4.69) is 13.0 Å². The van der Waals surface area contributed by atoms with E-state index in [9.17, 15) is 0 Å². The van der Waals surface area contributed by atoms with Gasteiger partial charge in [-0.2, -0.15) is 0 Å². The Morgan fingerprint density at radius 3 is 2.47 bits per heavy atom. The third kappa shape index (κ3) is 2.04. The van der Waals surface area contributed by atoms with Crippen LogP contribution in [0.2, 0.25) is 5.02 Å². The number of hydrogen-bond donors (Lipinski definition) is 1. The lowest BCUT2D eigenvalue weighted by Gasteiger charge is -2.32. The zero-order valence-electron chi connectivity index (χ0n) is 9.17. The number of nitrogens with two attached hydrogens (primary N) is 1. The lowest BCUT2D eigenvalue weighted by atomic mass is 9.78. The SMILES string of the molecule is CC1(C(N)c2ccccc2Cl)CCCC1. The minimum Gasteiger partial charge on any atom is -0.323 e. The minimum atomic E-state index is 0.0775. The molecule has 0 radical (unpaired) electrons. The molecule has 0 saturated heterocycles. The first-order valence-corrected chi connectivity index (χ1v) is 6.01. The quantitative estimate of drug-likeness (QED) is 0.808. The molecule has 1 aliphatic carbocycles. The van der Waals surface area contributed by atoms with E-state index in [1.54, 1.807) is 0 Å². The van der Waals surface area contributed by atoms with Gasteiger partial charge in [0.25, 0.3) is 0 Å². The Labute approximate surface area is 96.6 Å². The molecule has 1 atom stereocenters. The summed E-state index contributed by atoms with van der Waals surface area (Å²) in [5.74, 6) is 0. The monoisotopic (exact) mass is 223 g/mol. The standard InChI is InChI=1S/C13H18ClN/c1-13(8-4-5-9-13)12(15)10-6-2-3-7-11(10)14/h2-3,6-7,12H,4-5,8-9,15H2,1H3. The van der Waals surface area contributed by atoms with E-state index in [0.29, 0.717) is 0 Å². The van der Waals surface area contributed by atoms with Gasteiger partial charge < -0.3 is 5.73 Å². The van der Waals surface area contributed by atoms with Gasteiger partial charge in [-0.3, -0.25) is 0 Å². The third-order valence-electron chi connectivity index (χ3n) is 3.74. The highest BCUT2D eigenvalue weighted by molar-refractivity contribution is 6.31. The van der Waals surface area contributed by atoms with Crippen LogP contribution in [-0.2, 0) is 0 Å². The smallest absolute Gasteiger partial charge is 0.0453 e. The van der Waals surface area contributed by atoms with Crippen LogP contribution in [0.25, 0.3) is 0 Å². The first-order valence-electron chi connectivity index (χ1n) is 5.63. The van der Waals surface area contributed by atoms with Crippen molar-refractivity contribution in [3.05, 3.63) is 34.9 Å². The van der Waals surface area contributed by atoms with Crippen molar-refractivity contribution in [2.24, 2.45) is 11.1 Å². The Hall–Kier alpha value is -0.530. The lowest BCUT2D eigenvalue weighted by Crippen LogP contribution is -2.29. The zero-order valence-corrected chi connectivity index (χ0v) is 9.93. The van der Waals surface area contributed by atoms with Crippen molar-refractivity contribution in [2.75, 3.05) is 0 Å². The summed E-state index contributed by atoms with van der Waals surface area (Å²) in [5.41, 5.74) is 7.69. The zero-order chi connectivity index (χ0) is 10.9. The van der Waals surface area contributed by atoms with Gasteiger partial charge in [0.2, 0.25) is 0 Å². The second-order valence-corrected chi connectivity index (χ2v) is 5.27. The maximum atomic E-state index is 6.35. The fourth-order valence-corrected chi connectivity index (χ4v) is 2.85. The van der Waals surface area contributed by atoms with Crippen LogP contribution in [0.3, 0.4) is 0 Å². The molecule has 82 valence electrons. The van der Waals surface area contributed by atoms with Crippen molar-refractivity contribution < 1.29 is 0 Å². The lowest BCUT2D eigenvalue weighted by molar-refractivity contribution is 0.265. The summed E-state index contributed by atoms with van der Waals surface area (Å²) < 4.78 is 0. The van der Waals surface area contributed by atoms with Gasteiger partial charge >= 0.3 is 0 Å². The van der Waals surface area contributed by atoms with Crippen LogP contribution in [0, 0.1) is 5.41 Å². The highest BCUT2D eigenvalue weighted by Crippen LogP contribution is 2.46. The molecule has 1 aromatic carbocycles. The number of halogens is 1. The van der Waals surface area contributed by atoms with Crippen molar-refractivity contribution in [3.8, 4) is 0 Å². The average Bonchev–Trinajstić information content (AvgIpc) is 2.66. The minimum absolute atomic E-state index is 0.0775. The second kappa shape index (κ2) is 4.15. The van der Waals surface area contributed by atoms with Crippen LogP contribution in [-0.4, -0.2) is 0 Å². The van der Waals surface area contributed by atoms with Crippen molar-refractivity contribution in [1.82, 2.24) is 0 Å². The van der Waals surface area contributed by atoms with E-state index in [1.165, 1.54) is 25.7 Å². The van der Waals surface area contributed by atoms with E-state index in [1.807, 2.05) is 18.2 Å². The third-order valence-corrected chi connectivity index (χ3v) is 4.08. The highest BCUT2D eigenvalue weighted by atomic mass is 35.5. The fraction of sp³-hybridized carbons (Fsp3) is 0.538. The van der Waals surface area contributed by atoms with Gasteiger partial charge in [0, 0.05) is 11.1 Å². The number of hydrogen-bond acceptors (Lipinski definition) is 1. The molecule has 1 aromatic rings.